The van der Waals surface area contributed by atoms with Crippen LogP contribution in [-0.2, 0) is 0 Å². The molecule has 0 aromatic heterocycles. The molecule has 0 aliphatic carbocycles. The van der Waals surface area contributed by atoms with Crippen molar-refractivity contribution in [2.45, 2.75) is 19.9 Å². The number of anilines is 1. The minimum Gasteiger partial charge on any atom is -0.497 e. The normalized spacial score (nSPS) is 12.1. The van der Waals surface area contributed by atoms with Crippen molar-refractivity contribution >= 4 is 28.3 Å². The van der Waals surface area contributed by atoms with Crippen molar-refractivity contribution in [3.63, 3.8) is 0 Å². The van der Waals surface area contributed by atoms with Gasteiger partial charge in [-0.3, -0.25) is 0 Å². The van der Waals surface area contributed by atoms with E-state index in [9.17, 15) is 4.39 Å². The second kappa shape index (κ2) is 6.43. The number of rotatable bonds is 4. The van der Waals surface area contributed by atoms with Crippen LogP contribution in [0.25, 0.3) is 0 Å². The first-order valence-corrected chi connectivity index (χ1v) is 7.45. The quantitative estimate of drug-likeness (QED) is 0.755. The van der Waals surface area contributed by atoms with Crippen LogP contribution in [0.1, 0.15) is 24.1 Å². The Morgan fingerprint density at radius 1 is 1.20 bits per heavy atom. The largest absolute Gasteiger partial charge is 0.497 e. The van der Waals surface area contributed by atoms with Gasteiger partial charge in [-0.2, -0.15) is 0 Å². The molecular formula is C16H17FINO. The van der Waals surface area contributed by atoms with Gasteiger partial charge in [0, 0.05) is 20.9 Å². The molecule has 2 rings (SSSR count). The van der Waals surface area contributed by atoms with Gasteiger partial charge in [-0.1, -0.05) is 12.1 Å². The van der Waals surface area contributed by atoms with Crippen molar-refractivity contribution in [1.29, 1.82) is 0 Å². The number of aryl methyl sites for hydroxylation is 1. The van der Waals surface area contributed by atoms with Gasteiger partial charge >= 0.3 is 0 Å². The summed E-state index contributed by atoms with van der Waals surface area (Å²) in [6.07, 6.45) is 0. The number of benzene rings is 2. The monoisotopic (exact) mass is 385 g/mol. The van der Waals surface area contributed by atoms with Crippen LogP contribution in [0.15, 0.2) is 36.4 Å². The number of hydrogen-bond acceptors (Lipinski definition) is 2. The number of nitrogens with one attached hydrogen (secondary N) is 1. The van der Waals surface area contributed by atoms with E-state index < -0.39 is 0 Å². The van der Waals surface area contributed by atoms with Crippen LogP contribution in [0, 0.1) is 16.3 Å². The Hall–Kier alpha value is -1.30. The van der Waals surface area contributed by atoms with E-state index >= 15 is 0 Å². The highest BCUT2D eigenvalue weighted by Crippen LogP contribution is 2.26. The smallest absolute Gasteiger partial charge is 0.132 e. The third-order valence-corrected chi connectivity index (χ3v) is 4.39. The van der Waals surface area contributed by atoms with Crippen molar-refractivity contribution in [3.8, 4) is 5.75 Å². The zero-order valence-electron chi connectivity index (χ0n) is 11.7. The molecule has 1 atom stereocenters. The van der Waals surface area contributed by atoms with Crippen molar-refractivity contribution in [2.24, 2.45) is 0 Å². The van der Waals surface area contributed by atoms with Crippen LogP contribution in [0.4, 0.5) is 10.1 Å². The molecule has 0 radical (unpaired) electrons. The number of methoxy groups -OCH3 is 1. The maximum absolute atomic E-state index is 14.0. The first-order chi connectivity index (χ1) is 9.51. The molecule has 0 fully saturated rings. The SMILES string of the molecule is COc1ccc(C(C)Nc2ccc(C)c(I)c2)c(F)c1. The van der Waals surface area contributed by atoms with Crippen LogP contribution in [-0.4, -0.2) is 7.11 Å². The highest BCUT2D eigenvalue weighted by atomic mass is 127. The van der Waals surface area contributed by atoms with E-state index in [0.717, 1.165) is 5.69 Å². The van der Waals surface area contributed by atoms with E-state index in [4.69, 9.17) is 4.74 Å². The van der Waals surface area contributed by atoms with Gasteiger partial charge < -0.3 is 10.1 Å². The van der Waals surface area contributed by atoms with Crippen LogP contribution < -0.4 is 10.1 Å². The summed E-state index contributed by atoms with van der Waals surface area (Å²) in [4.78, 5) is 0. The zero-order valence-corrected chi connectivity index (χ0v) is 13.9. The number of halogens is 2. The molecule has 106 valence electrons. The summed E-state index contributed by atoms with van der Waals surface area (Å²) in [5, 5.41) is 3.32. The fourth-order valence-corrected chi connectivity index (χ4v) is 2.51. The summed E-state index contributed by atoms with van der Waals surface area (Å²) in [5.41, 5.74) is 2.85. The maximum Gasteiger partial charge on any atom is 0.132 e. The lowest BCUT2D eigenvalue weighted by Crippen LogP contribution is -2.09. The average molecular weight is 385 g/mol. The summed E-state index contributed by atoms with van der Waals surface area (Å²) >= 11 is 2.30. The Bertz CT molecular complexity index is 615. The Balaban J connectivity index is 2.19. The zero-order chi connectivity index (χ0) is 14.7. The third-order valence-electron chi connectivity index (χ3n) is 3.23. The highest BCUT2D eigenvalue weighted by Gasteiger charge is 2.12. The molecule has 2 aromatic carbocycles. The van der Waals surface area contributed by atoms with Gasteiger partial charge in [0.05, 0.1) is 13.2 Å². The Morgan fingerprint density at radius 3 is 2.55 bits per heavy atom. The van der Waals surface area contributed by atoms with E-state index in [2.05, 4.69) is 47.0 Å². The molecule has 1 unspecified atom stereocenters. The van der Waals surface area contributed by atoms with Gasteiger partial charge in [0.15, 0.2) is 0 Å². The standard InChI is InChI=1S/C16H17FINO/c1-10-4-5-12(8-16(10)18)19-11(2)14-7-6-13(20-3)9-15(14)17/h4-9,11,19H,1-3H3. The molecule has 0 aliphatic heterocycles. The molecule has 2 nitrogen and oxygen atoms in total. The van der Waals surface area contributed by atoms with Gasteiger partial charge in [-0.15, -0.1) is 0 Å². The molecule has 0 heterocycles. The molecule has 0 saturated carbocycles. The maximum atomic E-state index is 14.0. The van der Waals surface area contributed by atoms with E-state index in [-0.39, 0.29) is 11.9 Å². The van der Waals surface area contributed by atoms with Crippen LogP contribution in [0.5, 0.6) is 5.75 Å². The minimum atomic E-state index is -0.258. The van der Waals surface area contributed by atoms with Gasteiger partial charge in [0.25, 0.3) is 0 Å². The second-order valence-corrected chi connectivity index (χ2v) is 5.88. The van der Waals surface area contributed by atoms with Crippen molar-refractivity contribution < 1.29 is 9.13 Å². The van der Waals surface area contributed by atoms with E-state index in [0.29, 0.717) is 11.3 Å². The molecule has 0 spiro atoms. The van der Waals surface area contributed by atoms with Crippen LogP contribution in [0.2, 0.25) is 0 Å². The summed E-state index contributed by atoms with van der Waals surface area (Å²) in [7, 11) is 1.53. The highest BCUT2D eigenvalue weighted by molar-refractivity contribution is 14.1. The lowest BCUT2D eigenvalue weighted by molar-refractivity contribution is 0.410. The van der Waals surface area contributed by atoms with E-state index in [1.54, 1.807) is 12.1 Å². The number of hydrogen-bond donors (Lipinski definition) is 1. The molecule has 0 bridgehead atoms. The predicted molar refractivity (Wildman–Crippen MR) is 88.9 cm³/mol. The summed E-state index contributed by atoms with van der Waals surface area (Å²) in [6, 6.07) is 11.0. The molecular weight excluding hydrogens is 368 g/mol. The van der Waals surface area contributed by atoms with Crippen molar-refractivity contribution in [3.05, 3.63) is 56.9 Å². The van der Waals surface area contributed by atoms with Crippen LogP contribution >= 0.6 is 22.6 Å². The molecule has 0 aliphatic rings. The lowest BCUT2D eigenvalue weighted by Gasteiger charge is -2.17. The molecule has 0 amide bonds. The average Bonchev–Trinajstić information content (AvgIpc) is 2.42. The fraction of sp³-hybridized carbons (Fsp3) is 0.250. The van der Waals surface area contributed by atoms with E-state index in [1.807, 2.05) is 13.0 Å². The molecule has 2 aromatic rings. The Kier molecular flexibility index (Phi) is 4.86. The lowest BCUT2D eigenvalue weighted by atomic mass is 10.1. The Morgan fingerprint density at radius 2 is 1.95 bits per heavy atom. The summed E-state index contributed by atoms with van der Waals surface area (Å²) in [5.74, 6) is 0.273. The van der Waals surface area contributed by atoms with Gasteiger partial charge in [0.1, 0.15) is 11.6 Å². The van der Waals surface area contributed by atoms with Gasteiger partial charge in [0.2, 0.25) is 0 Å². The van der Waals surface area contributed by atoms with Gasteiger partial charge in [-0.05, 0) is 60.2 Å². The number of ether oxygens (including phenoxy) is 1. The van der Waals surface area contributed by atoms with E-state index in [1.165, 1.54) is 22.3 Å². The van der Waals surface area contributed by atoms with Crippen molar-refractivity contribution in [2.75, 3.05) is 12.4 Å². The molecule has 0 saturated heterocycles. The minimum absolute atomic E-state index is 0.112. The van der Waals surface area contributed by atoms with Crippen LogP contribution in [0.3, 0.4) is 0 Å². The fourth-order valence-electron chi connectivity index (χ4n) is 2.00. The van der Waals surface area contributed by atoms with Crippen molar-refractivity contribution in [1.82, 2.24) is 0 Å². The topological polar surface area (TPSA) is 21.3 Å². The molecule has 4 heteroatoms. The molecule has 20 heavy (non-hydrogen) atoms. The summed E-state index contributed by atoms with van der Waals surface area (Å²) in [6.45, 7) is 4.01. The second-order valence-electron chi connectivity index (χ2n) is 4.72. The Labute approximate surface area is 132 Å². The first-order valence-electron chi connectivity index (χ1n) is 6.37. The third kappa shape index (κ3) is 3.42. The summed E-state index contributed by atoms with van der Waals surface area (Å²) < 4.78 is 20.2. The van der Waals surface area contributed by atoms with Gasteiger partial charge in [-0.25, -0.2) is 4.39 Å². The first kappa shape index (κ1) is 15.1. The predicted octanol–water partition coefficient (Wildman–Crippen LogP) is 4.92. The molecule has 1 N–H and O–H groups in total.